The monoisotopic (exact) mass is 485 g/mol. The third kappa shape index (κ3) is 4.03. The number of rotatable bonds is 5. The Morgan fingerprint density at radius 1 is 0.944 bits per heavy atom. The quantitative estimate of drug-likeness (QED) is 0.597. The molecule has 184 valence electrons. The molecule has 2 aromatic carbocycles. The Morgan fingerprint density at radius 3 is 2.25 bits per heavy atom. The Balaban J connectivity index is 1.49. The number of methoxy groups -OCH3 is 1. The van der Waals surface area contributed by atoms with Gasteiger partial charge in [0.25, 0.3) is 11.5 Å². The van der Waals surface area contributed by atoms with Crippen LogP contribution in [0.1, 0.15) is 6.42 Å². The summed E-state index contributed by atoms with van der Waals surface area (Å²) in [5.74, 6) is 0.387. The Hall–Kier alpha value is -4.37. The molecule has 2 aliphatic rings. The topological polar surface area (TPSA) is 87.1 Å². The number of ether oxygens (including phenoxy) is 1. The normalized spacial score (nSPS) is 17.3. The van der Waals surface area contributed by atoms with Crippen LogP contribution in [0.15, 0.2) is 89.0 Å². The minimum Gasteiger partial charge on any atom is -0.497 e. The SMILES string of the molecule is COc1ccc(N2NC(C(=O)N(C)C)C3=C2C(=O)N(c2ccc(-n4ccccc4=O)cc2)CC3)cc1. The predicted molar refractivity (Wildman–Crippen MR) is 137 cm³/mol. The van der Waals surface area contributed by atoms with Gasteiger partial charge in [-0.3, -0.25) is 24.0 Å². The van der Waals surface area contributed by atoms with E-state index in [-0.39, 0.29) is 17.4 Å². The molecule has 2 amide bonds. The summed E-state index contributed by atoms with van der Waals surface area (Å²) in [5, 5.41) is 1.70. The van der Waals surface area contributed by atoms with Crippen molar-refractivity contribution in [3.63, 3.8) is 0 Å². The smallest absolute Gasteiger partial charge is 0.276 e. The molecule has 2 aliphatic heterocycles. The Morgan fingerprint density at radius 2 is 1.61 bits per heavy atom. The van der Waals surface area contributed by atoms with Crippen molar-refractivity contribution < 1.29 is 14.3 Å². The maximum atomic E-state index is 13.8. The molecule has 0 aliphatic carbocycles. The van der Waals surface area contributed by atoms with Gasteiger partial charge in [-0.05, 0) is 66.6 Å². The number of hydrazine groups is 1. The molecule has 0 saturated carbocycles. The molecule has 0 radical (unpaired) electrons. The standard InChI is InChI=1S/C27H27N5O4/c1-29(2)26(34)24-22-15-17-31(19-9-7-18(8-10-19)30-16-5-4-6-23(30)33)27(35)25(22)32(28-24)20-11-13-21(36-3)14-12-20/h4-14,16,24,28H,15,17H2,1-3H3. The lowest BCUT2D eigenvalue weighted by atomic mass is 9.97. The minimum atomic E-state index is -0.615. The van der Waals surface area contributed by atoms with Crippen molar-refractivity contribution in [2.45, 2.75) is 12.5 Å². The maximum absolute atomic E-state index is 13.8. The Bertz CT molecular complexity index is 1390. The molecule has 9 nitrogen and oxygen atoms in total. The molecule has 9 heteroatoms. The lowest BCUT2D eigenvalue weighted by molar-refractivity contribution is -0.129. The van der Waals surface area contributed by atoms with Gasteiger partial charge in [-0.15, -0.1) is 0 Å². The Kier molecular flexibility index (Phi) is 6.07. The summed E-state index contributed by atoms with van der Waals surface area (Å²) in [4.78, 5) is 42.2. The molecule has 0 fully saturated rings. The molecule has 0 spiro atoms. The number of carbonyl (C=O) groups is 2. The van der Waals surface area contributed by atoms with E-state index in [1.165, 1.54) is 11.0 Å². The first-order valence-electron chi connectivity index (χ1n) is 11.6. The van der Waals surface area contributed by atoms with Crippen LogP contribution in [0.5, 0.6) is 5.75 Å². The van der Waals surface area contributed by atoms with Gasteiger partial charge >= 0.3 is 0 Å². The number of carbonyl (C=O) groups excluding carboxylic acids is 2. The fourth-order valence-electron chi connectivity index (χ4n) is 4.59. The molecule has 3 heterocycles. The van der Waals surface area contributed by atoms with Crippen molar-refractivity contribution in [1.82, 2.24) is 14.9 Å². The van der Waals surface area contributed by atoms with Gasteiger partial charge in [0.1, 0.15) is 17.5 Å². The van der Waals surface area contributed by atoms with Gasteiger partial charge in [0, 0.05) is 44.3 Å². The van der Waals surface area contributed by atoms with Crippen molar-refractivity contribution in [1.29, 1.82) is 0 Å². The number of hydrogen-bond acceptors (Lipinski definition) is 6. The van der Waals surface area contributed by atoms with Crippen LogP contribution in [0.3, 0.4) is 0 Å². The second-order valence-electron chi connectivity index (χ2n) is 8.83. The van der Waals surface area contributed by atoms with Crippen LogP contribution >= 0.6 is 0 Å². The maximum Gasteiger partial charge on any atom is 0.276 e. The van der Waals surface area contributed by atoms with Crippen molar-refractivity contribution in [2.24, 2.45) is 0 Å². The lowest BCUT2D eigenvalue weighted by Crippen LogP contribution is -2.47. The van der Waals surface area contributed by atoms with E-state index in [0.717, 1.165) is 16.9 Å². The van der Waals surface area contributed by atoms with Crippen LogP contribution in [-0.4, -0.2) is 55.1 Å². The van der Waals surface area contributed by atoms with Crippen LogP contribution < -0.4 is 25.6 Å². The number of amides is 2. The fraction of sp³-hybridized carbons (Fsp3) is 0.222. The zero-order valence-corrected chi connectivity index (χ0v) is 20.3. The first kappa shape index (κ1) is 23.4. The highest BCUT2D eigenvalue weighted by Crippen LogP contribution is 2.36. The van der Waals surface area contributed by atoms with Crippen LogP contribution in [0.2, 0.25) is 0 Å². The van der Waals surface area contributed by atoms with Crippen molar-refractivity contribution >= 4 is 23.2 Å². The van der Waals surface area contributed by atoms with Crippen LogP contribution in [0.4, 0.5) is 11.4 Å². The van der Waals surface area contributed by atoms with Gasteiger partial charge < -0.3 is 14.5 Å². The number of aromatic nitrogens is 1. The van der Waals surface area contributed by atoms with Gasteiger partial charge in [0.05, 0.1) is 12.8 Å². The van der Waals surface area contributed by atoms with E-state index in [4.69, 9.17) is 4.74 Å². The number of likely N-dealkylation sites (N-methyl/N-ethyl adjacent to an activating group) is 1. The number of anilines is 2. The number of benzene rings is 2. The van der Waals surface area contributed by atoms with E-state index in [9.17, 15) is 14.4 Å². The third-order valence-corrected chi connectivity index (χ3v) is 6.47. The molecular formula is C27H27N5O4. The summed E-state index contributed by atoms with van der Waals surface area (Å²) in [6, 6.07) is 19.0. The highest BCUT2D eigenvalue weighted by Gasteiger charge is 2.44. The van der Waals surface area contributed by atoms with Crippen LogP contribution in [-0.2, 0) is 9.59 Å². The van der Waals surface area contributed by atoms with Gasteiger partial charge in [0.15, 0.2) is 0 Å². The number of hydrogen-bond donors (Lipinski definition) is 1. The van der Waals surface area contributed by atoms with Gasteiger partial charge in [-0.2, -0.15) is 0 Å². The molecule has 3 aromatic rings. The van der Waals surface area contributed by atoms with E-state index in [2.05, 4.69) is 5.43 Å². The van der Waals surface area contributed by atoms with E-state index in [1.54, 1.807) is 54.0 Å². The second kappa shape index (κ2) is 9.35. The summed E-state index contributed by atoms with van der Waals surface area (Å²) < 4.78 is 6.81. The molecule has 36 heavy (non-hydrogen) atoms. The molecule has 5 rings (SSSR count). The molecule has 0 bridgehead atoms. The van der Waals surface area contributed by atoms with E-state index in [1.807, 2.05) is 48.5 Å². The Labute approximate surface area is 208 Å². The average Bonchev–Trinajstić information content (AvgIpc) is 3.29. The molecule has 1 atom stereocenters. The molecule has 1 N–H and O–H groups in total. The van der Waals surface area contributed by atoms with Crippen molar-refractivity contribution in [3.05, 3.63) is 94.6 Å². The highest BCUT2D eigenvalue weighted by atomic mass is 16.5. The summed E-state index contributed by atoms with van der Waals surface area (Å²) >= 11 is 0. The molecular weight excluding hydrogens is 458 g/mol. The van der Waals surface area contributed by atoms with Crippen molar-refractivity contribution in [3.8, 4) is 11.4 Å². The number of nitrogens with one attached hydrogen (secondary N) is 1. The van der Waals surface area contributed by atoms with Crippen LogP contribution in [0, 0.1) is 0 Å². The predicted octanol–water partition coefficient (Wildman–Crippen LogP) is 2.32. The summed E-state index contributed by atoms with van der Waals surface area (Å²) in [7, 11) is 5.01. The number of pyridine rings is 1. The second-order valence-corrected chi connectivity index (χ2v) is 8.83. The largest absolute Gasteiger partial charge is 0.497 e. The molecule has 0 saturated heterocycles. The average molecular weight is 486 g/mol. The van der Waals surface area contributed by atoms with Gasteiger partial charge in [-0.1, -0.05) is 6.07 Å². The highest BCUT2D eigenvalue weighted by molar-refractivity contribution is 6.11. The fourth-order valence-corrected chi connectivity index (χ4v) is 4.59. The summed E-state index contributed by atoms with van der Waals surface area (Å²) in [6.45, 7) is 0.442. The third-order valence-electron chi connectivity index (χ3n) is 6.47. The van der Waals surface area contributed by atoms with Crippen molar-refractivity contribution in [2.75, 3.05) is 37.7 Å². The first-order valence-corrected chi connectivity index (χ1v) is 11.6. The molecule has 1 unspecified atom stereocenters. The minimum absolute atomic E-state index is 0.114. The lowest BCUT2D eigenvalue weighted by Gasteiger charge is -2.31. The van der Waals surface area contributed by atoms with E-state index in [0.29, 0.717) is 30.1 Å². The summed E-state index contributed by atoms with van der Waals surface area (Å²) in [6.07, 6.45) is 2.25. The number of nitrogens with zero attached hydrogens (tertiary/aromatic N) is 4. The van der Waals surface area contributed by atoms with E-state index < -0.39 is 6.04 Å². The summed E-state index contributed by atoms with van der Waals surface area (Å²) in [5.41, 5.74) is 6.51. The van der Waals surface area contributed by atoms with E-state index >= 15 is 0 Å². The first-order chi connectivity index (χ1) is 17.4. The molecule has 1 aromatic heterocycles. The van der Waals surface area contributed by atoms with Gasteiger partial charge in [0.2, 0.25) is 5.91 Å². The van der Waals surface area contributed by atoms with Gasteiger partial charge in [-0.25, -0.2) is 5.43 Å². The zero-order valence-electron chi connectivity index (χ0n) is 20.3. The zero-order chi connectivity index (χ0) is 25.4. The van der Waals surface area contributed by atoms with Crippen LogP contribution in [0.25, 0.3) is 5.69 Å².